The average molecular weight is 451 g/mol. The number of carbonyl (C=O) groups is 5. The predicted molar refractivity (Wildman–Crippen MR) is 104 cm³/mol. The summed E-state index contributed by atoms with van der Waals surface area (Å²) in [5, 5.41) is 0. The lowest BCUT2D eigenvalue weighted by molar-refractivity contribution is -0.153. The van der Waals surface area contributed by atoms with E-state index in [2.05, 4.69) is 0 Å². The maximum atomic E-state index is 12.2. The second-order valence-electron chi connectivity index (χ2n) is 5.80. The first-order chi connectivity index (χ1) is 13.6. The van der Waals surface area contributed by atoms with Gasteiger partial charge in [0.05, 0.1) is 0 Å². The highest BCUT2D eigenvalue weighted by atomic mass is 29.3. The molecule has 0 aromatic carbocycles. The van der Waals surface area contributed by atoms with E-state index >= 15 is 0 Å². The van der Waals surface area contributed by atoms with Gasteiger partial charge in [0, 0.05) is 38.1 Å². The molecule has 29 heavy (non-hydrogen) atoms. The van der Waals surface area contributed by atoms with Gasteiger partial charge in [-0.15, -0.1) is 0 Å². The molecule has 0 aliphatic heterocycles. The second-order valence-corrected chi connectivity index (χ2v) is 14.3. The van der Waals surface area contributed by atoms with Gasteiger partial charge < -0.3 is 22.1 Å². The van der Waals surface area contributed by atoms with Crippen molar-refractivity contribution in [1.29, 1.82) is 0 Å². The Kier molecular flexibility index (Phi) is 11.4. The lowest BCUT2D eigenvalue weighted by Gasteiger charge is -2.37. The van der Waals surface area contributed by atoms with Crippen molar-refractivity contribution in [2.45, 2.75) is 79.7 Å². The Bertz CT molecular complexity index is 556. The molecule has 10 nitrogen and oxygen atoms in total. The van der Waals surface area contributed by atoms with Crippen LogP contribution >= 0.6 is 0 Å². The summed E-state index contributed by atoms with van der Waals surface area (Å²) < 4.78 is 27.2. The minimum Gasteiger partial charge on any atom is -0.480 e. The Labute approximate surface area is 172 Å². The first kappa shape index (κ1) is 26.8. The van der Waals surface area contributed by atoms with Crippen molar-refractivity contribution in [3.05, 3.63) is 0 Å². The Balaban J connectivity index is 6.81. The van der Waals surface area contributed by atoms with E-state index in [9.17, 15) is 24.0 Å². The molecule has 0 heterocycles. The van der Waals surface area contributed by atoms with Crippen LogP contribution in [0.25, 0.3) is 0 Å². The summed E-state index contributed by atoms with van der Waals surface area (Å²) in [6.07, 6.45) is -0.596. The molecule has 0 aromatic rings. The fraction of sp³-hybridized carbons (Fsp3) is 0.706. The van der Waals surface area contributed by atoms with E-state index in [0.29, 0.717) is 0 Å². The summed E-state index contributed by atoms with van der Waals surface area (Å²) >= 11 is 0. The maximum absolute atomic E-state index is 12.2. The van der Waals surface area contributed by atoms with E-state index in [1.165, 1.54) is 41.5 Å². The molecule has 0 aliphatic carbocycles. The monoisotopic (exact) mass is 450 g/mol. The van der Waals surface area contributed by atoms with Gasteiger partial charge in [-0.2, -0.15) is 0 Å². The van der Waals surface area contributed by atoms with Gasteiger partial charge in [-0.1, -0.05) is 41.5 Å². The average Bonchev–Trinajstić information content (AvgIpc) is 2.71. The van der Waals surface area contributed by atoms with Crippen molar-refractivity contribution in [3.63, 3.8) is 0 Å². The molecule has 0 fully saturated rings. The van der Waals surface area contributed by atoms with Crippen LogP contribution < -0.4 is 0 Å². The SMILES string of the molecule is CCC(=O)O[Si](CC)(OC(=O)CC)[Si](OC(=O)CC)(OC(=O)CC)OC(=O)CC. The van der Waals surface area contributed by atoms with Gasteiger partial charge in [0.2, 0.25) is 0 Å². The van der Waals surface area contributed by atoms with Crippen LogP contribution in [0, 0.1) is 0 Å². The molecule has 0 saturated carbocycles. The highest BCUT2D eigenvalue weighted by molar-refractivity contribution is 7.31. The van der Waals surface area contributed by atoms with Gasteiger partial charge in [-0.3, -0.25) is 24.0 Å². The van der Waals surface area contributed by atoms with Crippen LogP contribution in [0.1, 0.15) is 73.6 Å². The van der Waals surface area contributed by atoms with Crippen molar-refractivity contribution in [1.82, 2.24) is 0 Å². The summed E-state index contributed by atoms with van der Waals surface area (Å²) in [6.45, 7) is 8.98. The van der Waals surface area contributed by atoms with Crippen molar-refractivity contribution in [2.24, 2.45) is 0 Å². The van der Waals surface area contributed by atoms with Crippen molar-refractivity contribution < 1.29 is 46.1 Å². The first-order valence-corrected chi connectivity index (χ1v) is 14.4. The van der Waals surface area contributed by atoms with Crippen LogP contribution in [-0.2, 0) is 46.1 Å². The third-order valence-electron chi connectivity index (χ3n) is 3.68. The van der Waals surface area contributed by atoms with Gasteiger partial charge in [0.15, 0.2) is 0 Å². The minimum absolute atomic E-state index is 0.0892. The first-order valence-electron chi connectivity index (χ1n) is 9.68. The van der Waals surface area contributed by atoms with Gasteiger partial charge in [0.25, 0.3) is 29.8 Å². The van der Waals surface area contributed by atoms with Crippen LogP contribution in [0.4, 0.5) is 0 Å². The second kappa shape index (κ2) is 12.4. The lowest BCUT2D eigenvalue weighted by atomic mass is 10.5. The Morgan fingerprint density at radius 1 is 0.483 bits per heavy atom. The molecule has 166 valence electrons. The molecule has 0 radical (unpaired) electrons. The molecule has 0 rings (SSSR count). The van der Waals surface area contributed by atoms with Gasteiger partial charge in [-0.05, 0) is 0 Å². The number of hydrogen-bond acceptors (Lipinski definition) is 10. The van der Waals surface area contributed by atoms with E-state index in [1.807, 2.05) is 0 Å². The molecule has 0 aliphatic rings. The van der Waals surface area contributed by atoms with Crippen molar-refractivity contribution in [2.75, 3.05) is 0 Å². The van der Waals surface area contributed by atoms with Crippen molar-refractivity contribution >= 4 is 46.2 Å². The molecule has 0 amide bonds. The van der Waals surface area contributed by atoms with E-state index in [0.717, 1.165) is 0 Å². The molecule has 0 saturated heterocycles. The quantitative estimate of drug-likeness (QED) is 0.408. The largest absolute Gasteiger partial charge is 0.765 e. The Morgan fingerprint density at radius 2 is 0.724 bits per heavy atom. The third kappa shape index (κ3) is 7.27. The molecule has 0 atom stereocenters. The van der Waals surface area contributed by atoms with Gasteiger partial charge in [0.1, 0.15) is 0 Å². The summed E-state index contributed by atoms with van der Waals surface area (Å²) in [5.74, 6) is -4.10. The number of rotatable bonds is 12. The molecule has 0 N–H and O–H groups in total. The zero-order valence-electron chi connectivity index (χ0n) is 17.8. The molecular formula is C17H30O10Si2. The lowest BCUT2D eigenvalue weighted by Crippen LogP contribution is -2.74. The van der Waals surface area contributed by atoms with Crippen molar-refractivity contribution in [3.8, 4) is 0 Å². The zero-order valence-corrected chi connectivity index (χ0v) is 19.8. The molecule has 0 spiro atoms. The van der Waals surface area contributed by atoms with Crippen LogP contribution in [0.3, 0.4) is 0 Å². The highest BCUT2D eigenvalue weighted by Crippen LogP contribution is 2.32. The van der Waals surface area contributed by atoms with E-state index < -0.39 is 46.2 Å². The fourth-order valence-corrected chi connectivity index (χ4v) is 11.1. The summed E-state index contributed by atoms with van der Waals surface area (Å²) in [4.78, 5) is 61.0. The summed E-state index contributed by atoms with van der Waals surface area (Å²) in [5.41, 5.74) is 0. The predicted octanol–water partition coefficient (Wildman–Crippen LogP) is 2.23. The fourth-order valence-electron chi connectivity index (χ4n) is 1.98. The molecule has 0 bridgehead atoms. The van der Waals surface area contributed by atoms with Gasteiger partial charge in [-0.25, -0.2) is 0 Å². The van der Waals surface area contributed by atoms with Crippen LogP contribution in [0.15, 0.2) is 0 Å². The molecule has 0 aromatic heterocycles. The highest BCUT2D eigenvalue weighted by Gasteiger charge is 2.81. The van der Waals surface area contributed by atoms with Crippen LogP contribution in [0.2, 0.25) is 6.04 Å². The van der Waals surface area contributed by atoms with Crippen LogP contribution in [0.5, 0.6) is 0 Å². The normalized spacial score (nSPS) is 11.2. The molecular weight excluding hydrogens is 420 g/mol. The van der Waals surface area contributed by atoms with E-state index in [4.69, 9.17) is 22.1 Å². The standard InChI is InChI=1S/C17H30O10Si2/c1-7-13(18)23-28(12-6,24-14(19)8-2)29(25-15(20)9-3,26-16(21)10-4)27-17(22)11-5/h7-12H2,1-6H3. The number of carbonyl (C=O) groups excluding carboxylic acids is 5. The van der Waals surface area contributed by atoms with Crippen LogP contribution in [-0.4, -0.2) is 46.2 Å². The smallest absolute Gasteiger partial charge is 0.480 e. The number of hydrogen-bond donors (Lipinski definition) is 0. The molecule has 12 heteroatoms. The summed E-state index contributed by atoms with van der Waals surface area (Å²) in [6, 6.07) is -0.151. The third-order valence-corrected chi connectivity index (χ3v) is 13.5. The van der Waals surface area contributed by atoms with E-state index in [-0.39, 0.29) is 38.1 Å². The molecule has 0 unspecified atom stereocenters. The minimum atomic E-state index is -4.78. The van der Waals surface area contributed by atoms with Gasteiger partial charge >= 0.3 is 16.4 Å². The Hall–Kier alpha value is -2.22. The topological polar surface area (TPSA) is 132 Å². The van der Waals surface area contributed by atoms with E-state index in [1.54, 1.807) is 0 Å². The zero-order chi connectivity index (χ0) is 22.7. The summed E-state index contributed by atoms with van der Waals surface area (Å²) in [7, 11) is -9.13. The maximum Gasteiger partial charge on any atom is 0.765 e. The Morgan fingerprint density at radius 3 is 0.931 bits per heavy atom.